The molecule has 2 aromatic rings. The smallest absolute Gasteiger partial charge is 0.341 e. The average molecular weight is 209 g/mol. The Morgan fingerprint density at radius 3 is 2.93 bits per heavy atom. The molecule has 1 aromatic carbocycles. The fourth-order valence-corrected chi connectivity index (χ4v) is 1.37. The van der Waals surface area contributed by atoms with Crippen molar-refractivity contribution in [1.82, 2.24) is 4.98 Å². The number of hydrogen-bond donors (Lipinski definition) is 0. The number of rotatable bonds is 1. The Bertz CT molecular complexity index is 533. The van der Waals surface area contributed by atoms with Gasteiger partial charge in [0.15, 0.2) is 11.5 Å². The zero-order chi connectivity index (χ0) is 11.0. The van der Waals surface area contributed by atoms with E-state index in [1.165, 1.54) is 13.2 Å². The first kappa shape index (κ1) is 9.64. The van der Waals surface area contributed by atoms with Crippen LogP contribution in [0.15, 0.2) is 16.5 Å². The third-order valence-corrected chi connectivity index (χ3v) is 1.97. The van der Waals surface area contributed by atoms with Crippen LogP contribution in [0.5, 0.6) is 0 Å². The third kappa shape index (κ3) is 1.56. The summed E-state index contributed by atoms with van der Waals surface area (Å²) in [5, 5.41) is 0. The summed E-state index contributed by atoms with van der Waals surface area (Å²) in [6.45, 7) is 1.62. The van der Waals surface area contributed by atoms with Crippen LogP contribution in [0.2, 0.25) is 0 Å². The summed E-state index contributed by atoms with van der Waals surface area (Å²) in [7, 11) is 1.22. The van der Waals surface area contributed by atoms with Crippen LogP contribution in [0.1, 0.15) is 16.2 Å². The topological polar surface area (TPSA) is 52.3 Å². The Labute approximate surface area is 84.7 Å². The maximum atomic E-state index is 13.1. The third-order valence-electron chi connectivity index (χ3n) is 1.97. The number of halogens is 1. The number of oxazole rings is 1. The molecule has 0 aliphatic carbocycles. The minimum atomic E-state index is -0.643. The van der Waals surface area contributed by atoms with E-state index < -0.39 is 11.8 Å². The first-order valence-corrected chi connectivity index (χ1v) is 4.27. The molecule has 1 heterocycles. The minimum Gasteiger partial charge on any atom is -0.465 e. The van der Waals surface area contributed by atoms with E-state index in [4.69, 9.17) is 4.42 Å². The van der Waals surface area contributed by atoms with Crippen LogP contribution in [0.3, 0.4) is 0 Å². The SMILES string of the molecule is COC(=O)c1cc(F)cc2nc(C)oc12. The van der Waals surface area contributed by atoms with E-state index in [1.54, 1.807) is 6.92 Å². The van der Waals surface area contributed by atoms with Gasteiger partial charge in [-0.25, -0.2) is 14.2 Å². The first-order chi connectivity index (χ1) is 7.11. The van der Waals surface area contributed by atoms with E-state index in [9.17, 15) is 9.18 Å². The molecule has 0 saturated heterocycles. The summed E-state index contributed by atoms with van der Waals surface area (Å²) in [6.07, 6.45) is 0. The molecule has 0 spiro atoms. The molecule has 0 radical (unpaired) electrons. The molecule has 0 atom stereocenters. The van der Waals surface area contributed by atoms with E-state index in [0.717, 1.165) is 6.07 Å². The van der Waals surface area contributed by atoms with Gasteiger partial charge in [-0.2, -0.15) is 0 Å². The lowest BCUT2D eigenvalue weighted by Gasteiger charge is -1.99. The quantitative estimate of drug-likeness (QED) is 0.674. The highest BCUT2D eigenvalue weighted by Crippen LogP contribution is 2.22. The maximum absolute atomic E-state index is 13.1. The molecular formula is C10H8FNO3. The molecule has 0 N–H and O–H groups in total. The maximum Gasteiger partial charge on any atom is 0.341 e. The Morgan fingerprint density at radius 1 is 1.53 bits per heavy atom. The van der Waals surface area contributed by atoms with Gasteiger partial charge in [-0.3, -0.25) is 0 Å². The molecule has 0 saturated carbocycles. The lowest BCUT2D eigenvalue weighted by Crippen LogP contribution is -2.02. The minimum absolute atomic E-state index is 0.0492. The molecule has 1 aromatic heterocycles. The number of carbonyl (C=O) groups is 1. The summed E-state index contributed by atoms with van der Waals surface area (Å²) < 4.78 is 22.8. The molecular weight excluding hydrogens is 201 g/mol. The lowest BCUT2D eigenvalue weighted by molar-refractivity contribution is 0.0601. The van der Waals surface area contributed by atoms with E-state index >= 15 is 0 Å². The van der Waals surface area contributed by atoms with E-state index in [1.807, 2.05) is 0 Å². The second-order valence-electron chi connectivity index (χ2n) is 3.03. The Balaban J connectivity index is 2.75. The molecule has 78 valence electrons. The fourth-order valence-electron chi connectivity index (χ4n) is 1.37. The van der Waals surface area contributed by atoms with Crippen molar-refractivity contribution in [3.63, 3.8) is 0 Å². The normalized spacial score (nSPS) is 10.6. The van der Waals surface area contributed by atoms with Crippen LogP contribution in [0, 0.1) is 12.7 Å². The predicted molar refractivity (Wildman–Crippen MR) is 50.0 cm³/mol. The second kappa shape index (κ2) is 3.34. The Hall–Kier alpha value is -1.91. The van der Waals surface area contributed by atoms with Gasteiger partial charge in [0, 0.05) is 13.0 Å². The van der Waals surface area contributed by atoms with Crippen LogP contribution in [0.25, 0.3) is 11.1 Å². The van der Waals surface area contributed by atoms with Crippen LogP contribution >= 0.6 is 0 Å². The van der Waals surface area contributed by atoms with E-state index in [2.05, 4.69) is 9.72 Å². The number of carbonyl (C=O) groups excluding carboxylic acids is 1. The summed E-state index contributed by atoms with van der Waals surface area (Å²) in [5.74, 6) is -0.812. The number of aromatic nitrogens is 1. The number of benzene rings is 1. The number of aryl methyl sites for hydroxylation is 1. The van der Waals surface area contributed by atoms with Gasteiger partial charge in [0.1, 0.15) is 16.9 Å². The van der Waals surface area contributed by atoms with Gasteiger partial charge in [0.2, 0.25) is 0 Å². The van der Waals surface area contributed by atoms with Gasteiger partial charge in [-0.05, 0) is 6.07 Å². The summed E-state index contributed by atoms with van der Waals surface area (Å²) >= 11 is 0. The number of esters is 1. The molecule has 2 rings (SSSR count). The van der Waals surface area contributed by atoms with Crippen molar-refractivity contribution in [2.75, 3.05) is 7.11 Å². The summed E-state index contributed by atoms with van der Waals surface area (Å²) in [4.78, 5) is 15.2. The molecule has 5 heteroatoms. The fraction of sp³-hybridized carbons (Fsp3) is 0.200. The van der Waals surface area contributed by atoms with E-state index in [0.29, 0.717) is 11.4 Å². The van der Waals surface area contributed by atoms with Crippen LogP contribution in [0.4, 0.5) is 4.39 Å². The van der Waals surface area contributed by atoms with Crippen molar-refractivity contribution in [2.45, 2.75) is 6.92 Å². The average Bonchev–Trinajstić information content (AvgIpc) is 2.55. The first-order valence-electron chi connectivity index (χ1n) is 4.27. The highest BCUT2D eigenvalue weighted by Gasteiger charge is 2.16. The highest BCUT2D eigenvalue weighted by atomic mass is 19.1. The zero-order valence-electron chi connectivity index (χ0n) is 8.20. The number of ether oxygens (including phenoxy) is 1. The van der Waals surface area contributed by atoms with Crippen LogP contribution in [-0.4, -0.2) is 18.1 Å². The molecule has 4 nitrogen and oxygen atoms in total. The van der Waals surface area contributed by atoms with Gasteiger partial charge in [0.25, 0.3) is 0 Å². The molecule has 0 aliphatic rings. The van der Waals surface area contributed by atoms with E-state index in [-0.39, 0.29) is 11.1 Å². The van der Waals surface area contributed by atoms with Crippen molar-refractivity contribution in [3.05, 3.63) is 29.4 Å². The number of nitrogens with zero attached hydrogens (tertiary/aromatic N) is 1. The van der Waals surface area contributed by atoms with Gasteiger partial charge in [0.05, 0.1) is 7.11 Å². The zero-order valence-corrected chi connectivity index (χ0v) is 8.20. The molecule has 0 unspecified atom stereocenters. The lowest BCUT2D eigenvalue weighted by atomic mass is 10.2. The van der Waals surface area contributed by atoms with Crippen LogP contribution in [-0.2, 0) is 4.74 Å². The molecule has 0 aliphatic heterocycles. The standard InChI is InChI=1S/C10H8FNO3/c1-5-12-8-4-6(11)3-7(9(8)15-5)10(13)14-2/h3-4H,1-2H3. The molecule has 0 fully saturated rings. The van der Waals surface area contributed by atoms with Gasteiger partial charge >= 0.3 is 5.97 Å². The van der Waals surface area contributed by atoms with Crippen molar-refractivity contribution < 1.29 is 18.3 Å². The second-order valence-corrected chi connectivity index (χ2v) is 3.03. The number of hydrogen-bond acceptors (Lipinski definition) is 4. The summed E-state index contributed by atoms with van der Waals surface area (Å²) in [5.41, 5.74) is 0.613. The van der Waals surface area contributed by atoms with Gasteiger partial charge in [-0.15, -0.1) is 0 Å². The van der Waals surface area contributed by atoms with Crippen molar-refractivity contribution in [3.8, 4) is 0 Å². The number of fused-ring (bicyclic) bond motifs is 1. The highest BCUT2D eigenvalue weighted by molar-refractivity contribution is 6.00. The van der Waals surface area contributed by atoms with Gasteiger partial charge in [-0.1, -0.05) is 0 Å². The molecule has 15 heavy (non-hydrogen) atoms. The molecule has 0 bridgehead atoms. The largest absolute Gasteiger partial charge is 0.465 e. The predicted octanol–water partition coefficient (Wildman–Crippen LogP) is 2.06. The summed E-state index contributed by atoms with van der Waals surface area (Å²) in [6, 6.07) is 2.27. The van der Waals surface area contributed by atoms with Crippen molar-refractivity contribution >= 4 is 17.1 Å². The Kier molecular flexibility index (Phi) is 2.15. The van der Waals surface area contributed by atoms with Crippen molar-refractivity contribution in [2.24, 2.45) is 0 Å². The van der Waals surface area contributed by atoms with Crippen molar-refractivity contribution in [1.29, 1.82) is 0 Å². The van der Waals surface area contributed by atoms with Gasteiger partial charge < -0.3 is 9.15 Å². The van der Waals surface area contributed by atoms with Crippen LogP contribution < -0.4 is 0 Å². The number of methoxy groups -OCH3 is 1. The Morgan fingerprint density at radius 2 is 2.27 bits per heavy atom. The molecule has 0 amide bonds. The monoisotopic (exact) mass is 209 g/mol.